The molecule has 1 heterocycles. The Hall–Kier alpha value is -0.640. The lowest BCUT2D eigenvalue weighted by Gasteiger charge is -2.14. The van der Waals surface area contributed by atoms with E-state index < -0.39 is 0 Å². The van der Waals surface area contributed by atoms with Gasteiger partial charge in [-0.1, -0.05) is 28.9 Å². The maximum absolute atomic E-state index is 3.56. The molecule has 2 rings (SSSR count). The second kappa shape index (κ2) is 6.00. The van der Waals surface area contributed by atoms with E-state index in [-0.39, 0.29) is 0 Å². The van der Waals surface area contributed by atoms with Gasteiger partial charge < -0.3 is 4.90 Å². The normalized spacial score (nSPS) is 11.2. The summed E-state index contributed by atoms with van der Waals surface area (Å²) in [7, 11) is 4.22. The van der Waals surface area contributed by atoms with Gasteiger partial charge in [-0.15, -0.1) is 11.3 Å². The first-order valence-electron chi connectivity index (χ1n) is 6.12. The highest BCUT2D eigenvalue weighted by Crippen LogP contribution is 2.33. The zero-order valence-corrected chi connectivity index (χ0v) is 13.4. The third kappa shape index (κ3) is 3.22. The van der Waals surface area contributed by atoms with Gasteiger partial charge in [-0.05, 0) is 55.9 Å². The van der Waals surface area contributed by atoms with Crippen LogP contribution in [0, 0.1) is 0 Å². The molecule has 1 nitrogen and oxygen atoms in total. The summed E-state index contributed by atoms with van der Waals surface area (Å²) >= 11 is 5.46. The van der Waals surface area contributed by atoms with Crippen LogP contribution in [0.25, 0.3) is 10.4 Å². The predicted molar refractivity (Wildman–Crippen MR) is 84.2 cm³/mol. The van der Waals surface area contributed by atoms with Crippen molar-refractivity contribution in [2.75, 3.05) is 14.1 Å². The van der Waals surface area contributed by atoms with Gasteiger partial charge in [-0.3, -0.25) is 0 Å². The molecule has 0 saturated heterocycles. The molecule has 96 valence electrons. The van der Waals surface area contributed by atoms with Crippen LogP contribution in [0.15, 0.2) is 34.8 Å². The van der Waals surface area contributed by atoms with Crippen molar-refractivity contribution in [2.24, 2.45) is 0 Å². The first-order chi connectivity index (χ1) is 8.60. The third-order valence-corrected chi connectivity index (χ3v) is 4.59. The second-order valence-electron chi connectivity index (χ2n) is 4.66. The molecule has 1 aromatic carbocycles. The molecule has 0 unspecified atom stereocenters. The standard InChI is InChI=1S/C15H18BrNS/c1-4-13-6-8-15(18-13)14-7-5-12(16)9-11(14)10-17(2)3/h5-9H,4,10H2,1-3H3. The minimum absolute atomic E-state index is 0.966. The van der Waals surface area contributed by atoms with E-state index in [0.717, 1.165) is 17.4 Å². The maximum Gasteiger partial charge on any atom is 0.0348 e. The largest absolute Gasteiger partial charge is 0.305 e. The van der Waals surface area contributed by atoms with Crippen molar-refractivity contribution >= 4 is 27.3 Å². The van der Waals surface area contributed by atoms with Crippen LogP contribution < -0.4 is 0 Å². The molecule has 0 spiro atoms. The Morgan fingerprint density at radius 1 is 1.17 bits per heavy atom. The molecule has 1 aromatic heterocycles. The minimum Gasteiger partial charge on any atom is -0.305 e. The Morgan fingerprint density at radius 2 is 1.94 bits per heavy atom. The number of aryl methyl sites for hydroxylation is 1. The first-order valence-corrected chi connectivity index (χ1v) is 7.73. The summed E-state index contributed by atoms with van der Waals surface area (Å²) in [6.07, 6.45) is 1.12. The number of hydrogen-bond donors (Lipinski definition) is 0. The number of hydrogen-bond acceptors (Lipinski definition) is 2. The molecule has 0 amide bonds. The van der Waals surface area contributed by atoms with Gasteiger partial charge in [0.2, 0.25) is 0 Å². The van der Waals surface area contributed by atoms with Crippen molar-refractivity contribution < 1.29 is 0 Å². The summed E-state index contributed by atoms with van der Waals surface area (Å²) in [5.41, 5.74) is 2.73. The van der Waals surface area contributed by atoms with Gasteiger partial charge in [-0.25, -0.2) is 0 Å². The van der Waals surface area contributed by atoms with Crippen molar-refractivity contribution in [1.82, 2.24) is 4.90 Å². The third-order valence-electron chi connectivity index (χ3n) is 2.83. The molecule has 0 radical (unpaired) electrons. The number of benzene rings is 1. The molecule has 0 saturated carbocycles. The van der Waals surface area contributed by atoms with Gasteiger partial charge in [0.15, 0.2) is 0 Å². The molecule has 0 aliphatic carbocycles. The molecule has 0 atom stereocenters. The Bertz CT molecular complexity index is 531. The summed E-state index contributed by atoms with van der Waals surface area (Å²) < 4.78 is 1.15. The van der Waals surface area contributed by atoms with Crippen LogP contribution in [-0.2, 0) is 13.0 Å². The topological polar surface area (TPSA) is 3.24 Å². The van der Waals surface area contributed by atoms with Crippen molar-refractivity contribution in [3.63, 3.8) is 0 Å². The van der Waals surface area contributed by atoms with E-state index in [4.69, 9.17) is 0 Å². The van der Waals surface area contributed by atoms with E-state index in [1.54, 1.807) is 0 Å². The van der Waals surface area contributed by atoms with Crippen molar-refractivity contribution in [1.29, 1.82) is 0 Å². The monoisotopic (exact) mass is 323 g/mol. The average Bonchev–Trinajstić information content (AvgIpc) is 2.77. The van der Waals surface area contributed by atoms with Gasteiger partial charge in [0.1, 0.15) is 0 Å². The van der Waals surface area contributed by atoms with Crippen molar-refractivity contribution in [2.45, 2.75) is 19.9 Å². The van der Waals surface area contributed by atoms with E-state index in [0.29, 0.717) is 0 Å². The lowest BCUT2D eigenvalue weighted by Crippen LogP contribution is -2.11. The van der Waals surface area contributed by atoms with Gasteiger partial charge in [0.25, 0.3) is 0 Å². The van der Waals surface area contributed by atoms with Gasteiger partial charge in [0.05, 0.1) is 0 Å². The Labute approximate surface area is 122 Å². The Morgan fingerprint density at radius 3 is 2.56 bits per heavy atom. The summed E-state index contributed by atoms with van der Waals surface area (Å²) in [6, 6.07) is 11.0. The SMILES string of the molecule is CCc1ccc(-c2ccc(Br)cc2CN(C)C)s1. The molecule has 0 aliphatic heterocycles. The Kier molecular flexibility index (Phi) is 4.60. The van der Waals surface area contributed by atoms with Crippen LogP contribution in [0.4, 0.5) is 0 Å². The zero-order chi connectivity index (χ0) is 13.1. The molecule has 2 aromatic rings. The fraction of sp³-hybridized carbons (Fsp3) is 0.333. The summed E-state index contributed by atoms with van der Waals surface area (Å²) in [4.78, 5) is 5.03. The molecular weight excluding hydrogens is 306 g/mol. The van der Waals surface area contributed by atoms with Gasteiger partial charge in [-0.2, -0.15) is 0 Å². The van der Waals surface area contributed by atoms with Crippen LogP contribution >= 0.6 is 27.3 Å². The first kappa shape index (κ1) is 13.8. The maximum atomic E-state index is 3.56. The van der Waals surface area contributed by atoms with Gasteiger partial charge >= 0.3 is 0 Å². The van der Waals surface area contributed by atoms with Crippen molar-refractivity contribution in [3.05, 3.63) is 45.2 Å². The van der Waals surface area contributed by atoms with Crippen LogP contribution in [0.1, 0.15) is 17.4 Å². The van der Waals surface area contributed by atoms with E-state index >= 15 is 0 Å². The highest BCUT2D eigenvalue weighted by atomic mass is 79.9. The van der Waals surface area contributed by atoms with Crippen LogP contribution in [-0.4, -0.2) is 19.0 Å². The number of halogens is 1. The summed E-state index contributed by atoms with van der Waals surface area (Å²) in [6.45, 7) is 3.17. The molecule has 0 N–H and O–H groups in total. The quantitative estimate of drug-likeness (QED) is 0.781. The van der Waals surface area contributed by atoms with Crippen molar-refractivity contribution in [3.8, 4) is 10.4 Å². The molecule has 18 heavy (non-hydrogen) atoms. The fourth-order valence-corrected chi connectivity index (χ4v) is 3.40. The molecule has 0 bridgehead atoms. The van der Waals surface area contributed by atoms with Gasteiger partial charge in [0, 0.05) is 20.8 Å². The van der Waals surface area contributed by atoms with Crippen LogP contribution in [0.2, 0.25) is 0 Å². The zero-order valence-electron chi connectivity index (χ0n) is 11.0. The number of rotatable bonds is 4. The molecule has 0 aliphatic rings. The minimum atomic E-state index is 0.966. The number of thiophene rings is 1. The van der Waals surface area contributed by atoms with E-state index in [9.17, 15) is 0 Å². The fourth-order valence-electron chi connectivity index (χ4n) is 1.99. The lowest BCUT2D eigenvalue weighted by molar-refractivity contribution is 0.403. The molecular formula is C15H18BrNS. The summed E-state index contributed by atoms with van der Waals surface area (Å²) in [5, 5.41) is 0. The molecule has 0 fully saturated rings. The van der Waals surface area contributed by atoms with Crippen LogP contribution in [0.5, 0.6) is 0 Å². The van der Waals surface area contributed by atoms with E-state index in [1.807, 2.05) is 11.3 Å². The summed E-state index contributed by atoms with van der Waals surface area (Å²) in [5.74, 6) is 0. The van der Waals surface area contributed by atoms with E-state index in [2.05, 4.69) is 72.2 Å². The van der Waals surface area contributed by atoms with Crippen LogP contribution in [0.3, 0.4) is 0 Å². The lowest BCUT2D eigenvalue weighted by atomic mass is 10.1. The second-order valence-corrected chi connectivity index (χ2v) is 6.74. The number of nitrogens with zero attached hydrogens (tertiary/aromatic N) is 1. The van der Waals surface area contributed by atoms with E-state index in [1.165, 1.54) is 20.9 Å². The predicted octanol–water partition coefficient (Wildman–Crippen LogP) is 4.80. The average molecular weight is 324 g/mol. The Balaban J connectivity index is 2.42. The highest BCUT2D eigenvalue weighted by Gasteiger charge is 2.09. The smallest absolute Gasteiger partial charge is 0.0348 e. The highest BCUT2D eigenvalue weighted by molar-refractivity contribution is 9.10. The molecule has 3 heteroatoms.